The van der Waals surface area contributed by atoms with Crippen LogP contribution in [0.25, 0.3) is 0 Å². The molecule has 0 aliphatic carbocycles. The predicted molar refractivity (Wildman–Crippen MR) is 42.7 cm³/mol. The summed E-state index contributed by atoms with van der Waals surface area (Å²) in [5.74, 6) is -0.0203. The van der Waals surface area contributed by atoms with Crippen LogP contribution >= 0.6 is 0 Å². The molecule has 0 aliphatic rings. The Morgan fingerprint density at radius 2 is 2.42 bits per heavy atom. The summed E-state index contributed by atoms with van der Waals surface area (Å²) in [6.45, 7) is 1.93. The number of hydrogen-bond donors (Lipinski definition) is 2. The lowest BCUT2D eigenvalue weighted by atomic mass is 10.2. The quantitative estimate of drug-likeness (QED) is 0.705. The second kappa shape index (κ2) is 3.40. The van der Waals surface area contributed by atoms with E-state index in [1.165, 1.54) is 0 Å². The molecule has 0 aliphatic heterocycles. The van der Waals surface area contributed by atoms with Crippen molar-refractivity contribution in [2.75, 3.05) is 0 Å². The summed E-state index contributed by atoms with van der Waals surface area (Å²) in [6, 6.07) is 2.28. The normalized spacial score (nSPS) is 12.8. The first-order valence-electron chi connectivity index (χ1n) is 3.72. The molecule has 4 heteroatoms. The van der Waals surface area contributed by atoms with Crippen molar-refractivity contribution in [3.63, 3.8) is 0 Å². The van der Waals surface area contributed by atoms with Gasteiger partial charge < -0.3 is 15.3 Å². The summed E-state index contributed by atoms with van der Waals surface area (Å²) >= 11 is 0. The molecule has 1 unspecified atom stereocenters. The monoisotopic (exact) mass is 169 g/mol. The van der Waals surface area contributed by atoms with Gasteiger partial charge in [0.05, 0.1) is 0 Å². The van der Waals surface area contributed by atoms with Gasteiger partial charge in [0.2, 0.25) is 0 Å². The number of furan rings is 1. The van der Waals surface area contributed by atoms with Crippen LogP contribution in [-0.4, -0.2) is 11.1 Å². The highest BCUT2D eigenvalue weighted by Crippen LogP contribution is 2.14. The van der Waals surface area contributed by atoms with Crippen LogP contribution in [0.4, 0.5) is 0 Å². The molecule has 0 amide bonds. The fourth-order valence-corrected chi connectivity index (χ4v) is 0.873. The Morgan fingerprint density at radius 1 is 1.75 bits per heavy atom. The predicted octanol–water partition coefficient (Wildman–Crippen LogP) is 0.926. The summed E-state index contributed by atoms with van der Waals surface area (Å²) in [7, 11) is 0. The minimum absolute atomic E-state index is 0.305. The van der Waals surface area contributed by atoms with Gasteiger partial charge in [-0.05, 0) is 12.1 Å². The zero-order chi connectivity index (χ0) is 9.14. The highest BCUT2D eigenvalue weighted by Gasteiger charge is 2.17. The molecule has 1 heterocycles. The number of carbonyl (C=O) groups is 1. The van der Waals surface area contributed by atoms with Crippen molar-refractivity contribution in [1.29, 1.82) is 0 Å². The number of nitrogens with two attached hydrogens (primary N) is 1. The Morgan fingerprint density at radius 3 is 2.83 bits per heavy atom. The van der Waals surface area contributed by atoms with Crippen LogP contribution in [0.3, 0.4) is 0 Å². The maximum atomic E-state index is 10.4. The Bertz CT molecular complexity index is 280. The Hall–Kier alpha value is -1.29. The van der Waals surface area contributed by atoms with E-state index in [9.17, 15) is 4.79 Å². The van der Waals surface area contributed by atoms with Gasteiger partial charge in [0, 0.05) is 6.42 Å². The van der Waals surface area contributed by atoms with Gasteiger partial charge in [-0.3, -0.25) is 4.79 Å². The molecule has 1 aromatic heterocycles. The van der Waals surface area contributed by atoms with Crippen molar-refractivity contribution in [3.8, 4) is 0 Å². The van der Waals surface area contributed by atoms with E-state index in [2.05, 4.69) is 0 Å². The van der Waals surface area contributed by atoms with E-state index in [0.29, 0.717) is 5.76 Å². The summed E-state index contributed by atoms with van der Waals surface area (Å²) in [4.78, 5) is 10.4. The van der Waals surface area contributed by atoms with Gasteiger partial charge in [0.1, 0.15) is 11.5 Å². The third-order valence-electron chi connectivity index (χ3n) is 1.60. The Kier molecular flexibility index (Phi) is 2.50. The van der Waals surface area contributed by atoms with Gasteiger partial charge in [-0.15, -0.1) is 0 Å². The number of carboxylic acids is 1. The highest BCUT2D eigenvalue weighted by atomic mass is 16.4. The van der Waals surface area contributed by atoms with Crippen LogP contribution in [-0.2, 0) is 11.2 Å². The summed E-state index contributed by atoms with van der Waals surface area (Å²) in [6.07, 6.45) is 0.742. The van der Waals surface area contributed by atoms with Gasteiger partial charge >= 0.3 is 5.97 Å². The average molecular weight is 169 g/mol. The van der Waals surface area contributed by atoms with Crippen LogP contribution in [0, 0.1) is 0 Å². The number of carboxylic acid groups (broad SMARTS) is 1. The van der Waals surface area contributed by atoms with Crippen LogP contribution in [0.15, 0.2) is 16.5 Å². The molecular weight excluding hydrogens is 158 g/mol. The van der Waals surface area contributed by atoms with Crippen LogP contribution in [0.5, 0.6) is 0 Å². The van der Waals surface area contributed by atoms with E-state index < -0.39 is 12.0 Å². The molecule has 1 rings (SSSR count). The Labute approximate surface area is 70.0 Å². The zero-order valence-electron chi connectivity index (χ0n) is 6.78. The molecule has 66 valence electrons. The van der Waals surface area contributed by atoms with Crippen molar-refractivity contribution >= 4 is 5.97 Å². The lowest BCUT2D eigenvalue weighted by Gasteiger charge is -2.00. The van der Waals surface area contributed by atoms with Crippen LogP contribution < -0.4 is 5.73 Å². The van der Waals surface area contributed by atoms with Crippen LogP contribution in [0.1, 0.15) is 24.5 Å². The number of rotatable bonds is 3. The largest absolute Gasteiger partial charge is 0.480 e. The van der Waals surface area contributed by atoms with Gasteiger partial charge in [0.15, 0.2) is 6.04 Å². The SMILES string of the molecule is CCc1ccc(C(N)C(=O)O)o1. The Balaban J connectivity index is 2.81. The topological polar surface area (TPSA) is 76.5 Å². The summed E-state index contributed by atoms with van der Waals surface area (Å²) < 4.78 is 5.15. The molecule has 0 fully saturated rings. The average Bonchev–Trinajstić information content (AvgIpc) is 2.50. The van der Waals surface area contributed by atoms with Crippen LogP contribution in [0.2, 0.25) is 0 Å². The number of hydrogen-bond acceptors (Lipinski definition) is 3. The van der Waals surface area contributed by atoms with Crippen molar-refractivity contribution in [3.05, 3.63) is 23.7 Å². The molecular formula is C8H11NO3. The standard InChI is InChI=1S/C8H11NO3/c1-2-5-3-4-6(12-5)7(9)8(10)11/h3-4,7H,2,9H2,1H3,(H,10,11). The fourth-order valence-electron chi connectivity index (χ4n) is 0.873. The molecule has 3 N–H and O–H groups in total. The molecule has 0 saturated heterocycles. The molecule has 0 spiro atoms. The molecule has 4 nitrogen and oxygen atoms in total. The number of aliphatic carboxylic acids is 1. The van der Waals surface area contributed by atoms with Gasteiger partial charge in [-0.1, -0.05) is 6.92 Å². The third kappa shape index (κ3) is 1.65. The first kappa shape index (κ1) is 8.80. The van der Waals surface area contributed by atoms with E-state index in [1.54, 1.807) is 12.1 Å². The second-order valence-corrected chi connectivity index (χ2v) is 2.47. The van der Waals surface area contributed by atoms with E-state index in [0.717, 1.165) is 12.2 Å². The van der Waals surface area contributed by atoms with Crippen molar-refractivity contribution in [1.82, 2.24) is 0 Å². The molecule has 12 heavy (non-hydrogen) atoms. The fraction of sp³-hybridized carbons (Fsp3) is 0.375. The third-order valence-corrected chi connectivity index (χ3v) is 1.60. The van der Waals surface area contributed by atoms with Gasteiger partial charge in [-0.2, -0.15) is 0 Å². The maximum Gasteiger partial charge on any atom is 0.328 e. The minimum Gasteiger partial charge on any atom is -0.480 e. The summed E-state index contributed by atoms with van der Waals surface area (Å²) in [5.41, 5.74) is 5.31. The first-order valence-corrected chi connectivity index (χ1v) is 3.72. The van der Waals surface area contributed by atoms with E-state index in [1.807, 2.05) is 6.92 Å². The lowest BCUT2D eigenvalue weighted by Crippen LogP contribution is -2.19. The maximum absolute atomic E-state index is 10.4. The van der Waals surface area contributed by atoms with Crippen molar-refractivity contribution in [2.45, 2.75) is 19.4 Å². The van der Waals surface area contributed by atoms with Gasteiger partial charge in [-0.25, -0.2) is 0 Å². The molecule has 0 radical (unpaired) electrons. The smallest absolute Gasteiger partial charge is 0.328 e. The molecule has 0 bridgehead atoms. The molecule has 0 aromatic carbocycles. The van der Waals surface area contributed by atoms with Crippen molar-refractivity contribution < 1.29 is 14.3 Å². The molecule has 1 atom stereocenters. The van der Waals surface area contributed by atoms with E-state index in [4.69, 9.17) is 15.3 Å². The summed E-state index contributed by atoms with van der Waals surface area (Å²) in [5, 5.41) is 8.53. The lowest BCUT2D eigenvalue weighted by molar-refractivity contribution is -0.139. The molecule has 1 aromatic rings. The first-order chi connectivity index (χ1) is 5.65. The highest BCUT2D eigenvalue weighted by molar-refractivity contribution is 5.74. The van der Waals surface area contributed by atoms with Gasteiger partial charge in [0.25, 0.3) is 0 Å². The van der Waals surface area contributed by atoms with Crippen molar-refractivity contribution in [2.24, 2.45) is 5.73 Å². The number of aryl methyl sites for hydroxylation is 1. The van der Waals surface area contributed by atoms with E-state index >= 15 is 0 Å². The minimum atomic E-state index is -1.08. The zero-order valence-corrected chi connectivity index (χ0v) is 6.78. The second-order valence-electron chi connectivity index (χ2n) is 2.47. The van der Waals surface area contributed by atoms with E-state index in [-0.39, 0.29) is 0 Å². The molecule has 0 saturated carbocycles.